The van der Waals surface area contributed by atoms with Crippen LogP contribution in [-0.2, 0) is 9.53 Å². The Morgan fingerprint density at radius 3 is 2.68 bits per heavy atom. The van der Waals surface area contributed by atoms with Gasteiger partial charge in [0, 0.05) is 27.2 Å². The highest BCUT2D eigenvalue weighted by molar-refractivity contribution is 5.78. The highest BCUT2D eigenvalue weighted by Crippen LogP contribution is 2.30. The van der Waals surface area contributed by atoms with Gasteiger partial charge in [-0.05, 0) is 26.7 Å². The zero-order chi connectivity index (χ0) is 14.6. The van der Waals surface area contributed by atoms with Crippen molar-refractivity contribution in [1.82, 2.24) is 9.80 Å². The van der Waals surface area contributed by atoms with Gasteiger partial charge in [0.2, 0.25) is 0 Å². The number of ether oxygens (including phenoxy) is 1. The number of methoxy groups -OCH3 is 1. The number of carbonyl (C=O) groups excluding carboxylic acids is 1. The molecule has 6 nitrogen and oxygen atoms in total. The zero-order valence-corrected chi connectivity index (χ0v) is 12.2. The van der Waals surface area contributed by atoms with Crippen molar-refractivity contribution in [3.63, 3.8) is 0 Å². The molecule has 2 unspecified atom stereocenters. The second-order valence-electron chi connectivity index (χ2n) is 5.59. The number of likely N-dealkylation sites (tertiary alicyclic amines) is 1. The standard InChI is InChI=1S/C13H24N2O4/c1-10(8-19-4)14(3)12(18)15-7-5-6-13(2,9-15)11(16)17/h10H,5-9H2,1-4H3,(H,16,17). The summed E-state index contributed by atoms with van der Waals surface area (Å²) in [6.07, 6.45) is 1.34. The fourth-order valence-corrected chi connectivity index (χ4v) is 2.34. The first-order chi connectivity index (χ1) is 8.81. The fourth-order valence-electron chi connectivity index (χ4n) is 2.34. The van der Waals surface area contributed by atoms with Crippen LogP contribution < -0.4 is 0 Å². The Balaban J connectivity index is 2.69. The van der Waals surface area contributed by atoms with E-state index in [1.807, 2.05) is 6.92 Å². The molecule has 2 amide bonds. The number of amides is 2. The third kappa shape index (κ3) is 3.59. The molecule has 6 heteroatoms. The second-order valence-corrected chi connectivity index (χ2v) is 5.59. The molecule has 1 heterocycles. The van der Waals surface area contributed by atoms with Crippen LogP contribution in [-0.4, -0.2) is 66.8 Å². The summed E-state index contributed by atoms with van der Waals surface area (Å²) in [5, 5.41) is 9.26. The van der Waals surface area contributed by atoms with Crippen LogP contribution in [0.4, 0.5) is 4.79 Å². The Morgan fingerprint density at radius 1 is 1.53 bits per heavy atom. The molecular formula is C13H24N2O4. The van der Waals surface area contributed by atoms with Crippen molar-refractivity contribution in [2.75, 3.05) is 33.9 Å². The van der Waals surface area contributed by atoms with Crippen molar-refractivity contribution >= 4 is 12.0 Å². The summed E-state index contributed by atoms with van der Waals surface area (Å²) in [5.74, 6) is -0.836. The maximum Gasteiger partial charge on any atom is 0.320 e. The molecular weight excluding hydrogens is 248 g/mol. The van der Waals surface area contributed by atoms with E-state index in [2.05, 4.69) is 0 Å². The molecule has 0 aromatic carbocycles. The summed E-state index contributed by atoms with van der Waals surface area (Å²) in [4.78, 5) is 26.8. The van der Waals surface area contributed by atoms with E-state index in [4.69, 9.17) is 4.74 Å². The van der Waals surface area contributed by atoms with Crippen molar-refractivity contribution in [2.45, 2.75) is 32.7 Å². The van der Waals surface area contributed by atoms with Crippen LogP contribution >= 0.6 is 0 Å². The van der Waals surface area contributed by atoms with E-state index in [-0.39, 0.29) is 18.6 Å². The molecule has 1 N–H and O–H groups in total. The third-order valence-electron chi connectivity index (χ3n) is 3.85. The van der Waals surface area contributed by atoms with E-state index in [1.54, 1.807) is 30.9 Å². The first-order valence-electron chi connectivity index (χ1n) is 6.56. The van der Waals surface area contributed by atoms with Gasteiger partial charge >= 0.3 is 12.0 Å². The number of carboxylic acids is 1. The van der Waals surface area contributed by atoms with Crippen LogP contribution in [0.3, 0.4) is 0 Å². The number of hydrogen-bond donors (Lipinski definition) is 1. The zero-order valence-electron chi connectivity index (χ0n) is 12.2. The van der Waals surface area contributed by atoms with Gasteiger partial charge in [0.25, 0.3) is 0 Å². The lowest BCUT2D eigenvalue weighted by Crippen LogP contribution is -2.53. The lowest BCUT2D eigenvalue weighted by Gasteiger charge is -2.40. The molecule has 0 bridgehead atoms. The van der Waals surface area contributed by atoms with Gasteiger partial charge in [0.15, 0.2) is 0 Å². The number of rotatable bonds is 4. The largest absolute Gasteiger partial charge is 0.481 e. The number of aliphatic carboxylic acids is 1. The third-order valence-corrected chi connectivity index (χ3v) is 3.85. The van der Waals surface area contributed by atoms with Crippen LogP contribution in [0.1, 0.15) is 26.7 Å². The molecule has 0 spiro atoms. The van der Waals surface area contributed by atoms with Crippen LogP contribution in [0.15, 0.2) is 0 Å². The maximum atomic E-state index is 12.3. The molecule has 0 radical (unpaired) electrons. The summed E-state index contributed by atoms with van der Waals surface area (Å²) in [7, 11) is 3.32. The average Bonchev–Trinajstić information content (AvgIpc) is 2.37. The molecule has 1 aliphatic heterocycles. The maximum absolute atomic E-state index is 12.3. The summed E-state index contributed by atoms with van der Waals surface area (Å²) in [6, 6.07) is -0.160. The molecule has 0 saturated carbocycles. The summed E-state index contributed by atoms with van der Waals surface area (Å²) >= 11 is 0. The van der Waals surface area contributed by atoms with E-state index in [9.17, 15) is 14.7 Å². The Hall–Kier alpha value is -1.30. The molecule has 1 aliphatic rings. The first-order valence-corrected chi connectivity index (χ1v) is 6.56. The molecule has 0 aromatic rings. The fraction of sp³-hybridized carbons (Fsp3) is 0.846. The molecule has 110 valence electrons. The molecule has 1 fully saturated rings. The number of nitrogens with zero attached hydrogens (tertiary/aromatic N) is 2. The minimum absolute atomic E-state index is 0.0319. The molecule has 0 aromatic heterocycles. The van der Waals surface area contributed by atoms with Crippen molar-refractivity contribution in [1.29, 1.82) is 0 Å². The van der Waals surface area contributed by atoms with Gasteiger partial charge in [-0.3, -0.25) is 4.79 Å². The Morgan fingerprint density at radius 2 is 2.16 bits per heavy atom. The van der Waals surface area contributed by atoms with Gasteiger partial charge in [0.1, 0.15) is 0 Å². The highest BCUT2D eigenvalue weighted by atomic mass is 16.5. The van der Waals surface area contributed by atoms with Crippen LogP contribution in [0.25, 0.3) is 0 Å². The minimum Gasteiger partial charge on any atom is -0.481 e. The number of likely N-dealkylation sites (N-methyl/N-ethyl adjacent to an activating group) is 1. The number of carbonyl (C=O) groups is 2. The van der Waals surface area contributed by atoms with Crippen molar-refractivity contribution in [3.8, 4) is 0 Å². The average molecular weight is 272 g/mol. The SMILES string of the molecule is COCC(C)N(C)C(=O)N1CCCC(C)(C(=O)O)C1. The summed E-state index contributed by atoms with van der Waals surface area (Å²) in [6.45, 7) is 4.96. The van der Waals surface area contributed by atoms with Crippen LogP contribution in [0.2, 0.25) is 0 Å². The predicted octanol–water partition coefficient (Wildman–Crippen LogP) is 1.26. The van der Waals surface area contributed by atoms with Crippen molar-refractivity contribution in [2.24, 2.45) is 5.41 Å². The predicted molar refractivity (Wildman–Crippen MR) is 71.0 cm³/mol. The van der Waals surface area contributed by atoms with Crippen molar-refractivity contribution in [3.05, 3.63) is 0 Å². The number of carboxylic acid groups (broad SMARTS) is 1. The lowest BCUT2D eigenvalue weighted by atomic mass is 9.82. The quantitative estimate of drug-likeness (QED) is 0.836. The summed E-state index contributed by atoms with van der Waals surface area (Å²) in [5.41, 5.74) is -0.834. The molecule has 1 saturated heterocycles. The van der Waals surface area contributed by atoms with Gasteiger partial charge in [-0.25, -0.2) is 4.79 Å². The van der Waals surface area contributed by atoms with Crippen molar-refractivity contribution < 1.29 is 19.4 Å². The van der Waals surface area contributed by atoms with Crippen LogP contribution in [0.5, 0.6) is 0 Å². The van der Waals surface area contributed by atoms with Crippen LogP contribution in [0, 0.1) is 5.41 Å². The number of hydrogen-bond acceptors (Lipinski definition) is 3. The first kappa shape index (κ1) is 15.8. The van der Waals surface area contributed by atoms with E-state index >= 15 is 0 Å². The highest BCUT2D eigenvalue weighted by Gasteiger charge is 2.40. The monoisotopic (exact) mass is 272 g/mol. The molecule has 2 atom stereocenters. The normalized spacial score (nSPS) is 24.9. The topological polar surface area (TPSA) is 70.1 Å². The second kappa shape index (κ2) is 6.23. The van der Waals surface area contributed by atoms with E-state index in [1.165, 1.54) is 0 Å². The lowest BCUT2D eigenvalue weighted by molar-refractivity contribution is -0.150. The Bertz CT molecular complexity index is 348. The molecule has 19 heavy (non-hydrogen) atoms. The summed E-state index contributed by atoms with van der Waals surface area (Å²) < 4.78 is 5.03. The van der Waals surface area contributed by atoms with E-state index in [0.29, 0.717) is 19.6 Å². The Kier molecular flexibility index (Phi) is 5.17. The number of piperidine rings is 1. The van der Waals surface area contributed by atoms with Gasteiger partial charge in [-0.15, -0.1) is 0 Å². The van der Waals surface area contributed by atoms with Gasteiger partial charge in [-0.1, -0.05) is 0 Å². The molecule has 0 aliphatic carbocycles. The Labute approximate surface area is 114 Å². The van der Waals surface area contributed by atoms with Gasteiger partial charge < -0.3 is 19.6 Å². The molecule has 1 rings (SSSR count). The van der Waals surface area contributed by atoms with E-state index < -0.39 is 11.4 Å². The van der Waals surface area contributed by atoms with E-state index in [0.717, 1.165) is 6.42 Å². The smallest absolute Gasteiger partial charge is 0.320 e. The van der Waals surface area contributed by atoms with Gasteiger partial charge in [0.05, 0.1) is 18.1 Å². The number of urea groups is 1. The van der Waals surface area contributed by atoms with Gasteiger partial charge in [-0.2, -0.15) is 0 Å². The minimum atomic E-state index is -0.836.